The van der Waals surface area contributed by atoms with Crippen molar-refractivity contribution in [3.8, 4) is 0 Å². The molecule has 0 saturated carbocycles. The van der Waals surface area contributed by atoms with Gasteiger partial charge in [-0.15, -0.1) is 5.10 Å². The fourth-order valence-electron chi connectivity index (χ4n) is 2.94. The van der Waals surface area contributed by atoms with Crippen LogP contribution in [0.5, 0.6) is 0 Å². The molecule has 5 nitrogen and oxygen atoms in total. The van der Waals surface area contributed by atoms with E-state index in [4.69, 9.17) is 0 Å². The van der Waals surface area contributed by atoms with Gasteiger partial charge in [0, 0.05) is 0 Å². The van der Waals surface area contributed by atoms with Crippen LogP contribution >= 0.6 is 0 Å². The lowest BCUT2D eigenvalue weighted by Crippen LogP contribution is -2.32. The molecule has 1 aliphatic rings. The third-order valence-electron chi connectivity index (χ3n) is 3.97. The first-order chi connectivity index (χ1) is 10.3. The fraction of sp³-hybridized carbons (Fsp3) is 0.188. The third-order valence-corrected chi connectivity index (χ3v) is 3.97. The van der Waals surface area contributed by atoms with Gasteiger partial charge in [-0.1, -0.05) is 41.6 Å². The van der Waals surface area contributed by atoms with Gasteiger partial charge in [-0.2, -0.15) is 4.68 Å². The Kier molecular flexibility index (Phi) is 2.70. The number of nitrogens with zero attached hydrogens (tertiary/aromatic N) is 3. The topological polar surface area (TPSA) is 59.8 Å². The van der Waals surface area contributed by atoms with Crippen LogP contribution in [-0.4, -0.2) is 21.0 Å². The highest BCUT2D eigenvalue weighted by Crippen LogP contribution is 2.30. The minimum Gasteiger partial charge on any atom is -0.329 e. The van der Waals surface area contributed by atoms with E-state index in [1.54, 1.807) is 0 Å². The Morgan fingerprint density at radius 3 is 2.90 bits per heavy atom. The van der Waals surface area contributed by atoms with E-state index >= 15 is 0 Å². The summed E-state index contributed by atoms with van der Waals surface area (Å²) in [5.41, 5.74) is 3.96. The molecule has 0 fully saturated rings. The number of rotatable bonds is 1. The van der Waals surface area contributed by atoms with Gasteiger partial charge in [0.1, 0.15) is 5.52 Å². The van der Waals surface area contributed by atoms with Crippen molar-refractivity contribution in [3.63, 3.8) is 0 Å². The zero-order valence-corrected chi connectivity index (χ0v) is 11.4. The molecule has 1 atom stereocenters. The summed E-state index contributed by atoms with van der Waals surface area (Å²) in [4.78, 5) is 12.4. The van der Waals surface area contributed by atoms with Crippen LogP contribution in [0.2, 0.25) is 0 Å². The maximum absolute atomic E-state index is 12.4. The van der Waals surface area contributed by atoms with E-state index in [-0.39, 0.29) is 12.1 Å². The van der Waals surface area contributed by atoms with Gasteiger partial charge < -0.3 is 5.32 Å². The van der Waals surface area contributed by atoms with Gasteiger partial charge in [0.25, 0.3) is 0 Å². The molecule has 1 amide bonds. The second-order valence-corrected chi connectivity index (χ2v) is 5.23. The minimum absolute atomic E-state index is 0.0525. The summed E-state index contributed by atoms with van der Waals surface area (Å²) in [6.45, 7) is 0. The second kappa shape index (κ2) is 4.70. The SMILES string of the molecule is O=C(N[C@@H]1CCc2ccccc21)n1nnc2ccccc21. The third kappa shape index (κ3) is 1.98. The monoisotopic (exact) mass is 278 g/mol. The predicted molar refractivity (Wildman–Crippen MR) is 79.0 cm³/mol. The van der Waals surface area contributed by atoms with E-state index in [1.165, 1.54) is 15.8 Å². The molecule has 4 rings (SSSR count). The Labute approximate surface area is 121 Å². The van der Waals surface area contributed by atoms with Crippen LogP contribution in [0.4, 0.5) is 4.79 Å². The zero-order chi connectivity index (χ0) is 14.2. The molecule has 0 spiro atoms. The molecule has 1 heterocycles. The summed E-state index contributed by atoms with van der Waals surface area (Å²) in [5.74, 6) is 0. The summed E-state index contributed by atoms with van der Waals surface area (Å²) in [6, 6.07) is 15.5. The van der Waals surface area contributed by atoms with Crippen molar-refractivity contribution in [2.75, 3.05) is 0 Å². The molecule has 21 heavy (non-hydrogen) atoms. The lowest BCUT2D eigenvalue weighted by Gasteiger charge is -2.13. The van der Waals surface area contributed by atoms with Crippen molar-refractivity contribution in [2.45, 2.75) is 18.9 Å². The first-order valence-corrected chi connectivity index (χ1v) is 7.02. The molecule has 1 N–H and O–H groups in total. The number of carbonyl (C=O) groups excluding carboxylic acids is 1. The second-order valence-electron chi connectivity index (χ2n) is 5.23. The molecule has 104 valence electrons. The fourth-order valence-corrected chi connectivity index (χ4v) is 2.94. The van der Waals surface area contributed by atoms with E-state index in [2.05, 4.69) is 27.8 Å². The molecule has 3 aromatic rings. The largest absolute Gasteiger partial charge is 0.344 e. The summed E-state index contributed by atoms with van der Waals surface area (Å²) in [7, 11) is 0. The number of aromatic nitrogens is 3. The Morgan fingerprint density at radius 1 is 1.14 bits per heavy atom. The highest BCUT2D eigenvalue weighted by atomic mass is 16.2. The van der Waals surface area contributed by atoms with Crippen molar-refractivity contribution >= 4 is 17.1 Å². The van der Waals surface area contributed by atoms with Crippen LogP contribution in [0.25, 0.3) is 11.0 Å². The Morgan fingerprint density at radius 2 is 1.95 bits per heavy atom. The molecule has 0 aliphatic heterocycles. The molecule has 1 aliphatic carbocycles. The standard InChI is InChI=1S/C16H14N4O/c21-16(20-15-8-4-3-7-14(15)18-19-20)17-13-10-9-11-5-1-2-6-12(11)13/h1-8,13H,9-10H2,(H,17,21)/t13-/m1/s1. The van der Waals surface area contributed by atoms with Gasteiger partial charge in [-0.05, 0) is 36.1 Å². The summed E-state index contributed by atoms with van der Waals surface area (Å²) < 4.78 is 1.33. The first kappa shape index (κ1) is 12.1. The number of hydrogen-bond donors (Lipinski definition) is 1. The maximum Gasteiger partial charge on any atom is 0.344 e. The molecule has 0 bridgehead atoms. The van der Waals surface area contributed by atoms with Crippen molar-refractivity contribution < 1.29 is 4.79 Å². The molecule has 1 aromatic heterocycles. The van der Waals surface area contributed by atoms with Gasteiger partial charge in [-0.25, -0.2) is 4.79 Å². The van der Waals surface area contributed by atoms with Gasteiger partial charge in [-0.3, -0.25) is 0 Å². The average Bonchev–Trinajstić information content (AvgIpc) is 3.12. The Hall–Kier alpha value is -2.69. The van der Waals surface area contributed by atoms with Crippen LogP contribution in [0, 0.1) is 0 Å². The van der Waals surface area contributed by atoms with Crippen LogP contribution in [0.15, 0.2) is 48.5 Å². The van der Waals surface area contributed by atoms with Crippen molar-refractivity contribution in [2.24, 2.45) is 0 Å². The highest BCUT2D eigenvalue weighted by molar-refractivity contribution is 5.87. The van der Waals surface area contributed by atoms with Gasteiger partial charge in [0.2, 0.25) is 0 Å². The maximum atomic E-state index is 12.4. The molecular formula is C16H14N4O. The lowest BCUT2D eigenvalue weighted by molar-refractivity contribution is 0.236. The number of nitrogens with one attached hydrogen (secondary N) is 1. The van der Waals surface area contributed by atoms with E-state index in [1.807, 2.05) is 36.4 Å². The minimum atomic E-state index is -0.231. The smallest absolute Gasteiger partial charge is 0.329 e. The summed E-state index contributed by atoms with van der Waals surface area (Å²) >= 11 is 0. The van der Waals surface area contributed by atoms with Crippen LogP contribution in [0.3, 0.4) is 0 Å². The molecule has 5 heteroatoms. The molecular weight excluding hydrogens is 264 g/mol. The molecule has 0 radical (unpaired) electrons. The highest BCUT2D eigenvalue weighted by Gasteiger charge is 2.24. The van der Waals surface area contributed by atoms with Crippen molar-refractivity contribution in [1.82, 2.24) is 20.3 Å². The van der Waals surface area contributed by atoms with Gasteiger partial charge >= 0.3 is 6.03 Å². The number of aryl methyl sites for hydroxylation is 1. The Balaban J connectivity index is 1.62. The van der Waals surface area contributed by atoms with Gasteiger partial charge in [0.05, 0.1) is 11.6 Å². The van der Waals surface area contributed by atoms with E-state index in [0.29, 0.717) is 0 Å². The summed E-state index contributed by atoms with van der Waals surface area (Å²) in [6.07, 6.45) is 1.93. The number of hydrogen-bond acceptors (Lipinski definition) is 3. The molecule has 2 aromatic carbocycles. The number of carbonyl (C=O) groups is 1. The first-order valence-electron chi connectivity index (χ1n) is 7.02. The van der Waals surface area contributed by atoms with Crippen LogP contribution < -0.4 is 5.32 Å². The molecule has 0 unspecified atom stereocenters. The number of para-hydroxylation sites is 1. The van der Waals surface area contributed by atoms with Crippen molar-refractivity contribution in [1.29, 1.82) is 0 Å². The summed E-state index contributed by atoms with van der Waals surface area (Å²) in [5, 5.41) is 11.0. The Bertz CT molecular complexity index is 824. The van der Waals surface area contributed by atoms with E-state index in [0.717, 1.165) is 23.9 Å². The van der Waals surface area contributed by atoms with E-state index in [9.17, 15) is 4.79 Å². The van der Waals surface area contributed by atoms with Crippen molar-refractivity contribution in [3.05, 3.63) is 59.7 Å². The van der Waals surface area contributed by atoms with Crippen LogP contribution in [0.1, 0.15) is 23.6 Å². The number of amides is 1. The predicted octanol–water partition coefficient (Wildman–Crippen LogP) is 2.68. The quantitative estimate of drug-likeness (QED) is 0.744. The van der Waals surface area contributed by atoms with Gasteiger partial charge in [0.15, 0.2) is 0 Å². The average molecular weight is 278 g/mol. The zero-order valence-electron chi connectivity index (χ0n) is 11.4. The molecule has 0 saturated heterocycles. The number of benzene rings is 2. The normalized spacial score (nSPS) is 16.9. The van der Waals surface area contributed by atoms with E-state index < -0.39 is 0 Å². The number of fused-ring (bicyclic) bond motifs is 2. The van der Waals surface area contributed by atoms with Crippen LogP contribution in [-0.2, 0) is 6.42 Å². The lowest BCUT2D eigenvalue weighted by atomic mass is 10.1.